The third kappa shape index (κ3) is 25.3. The first-order chi connectivity index (χ1) is 70.2. The van der Waals surface area contributed by atoms with Crippen molar-refractivity contribution in [3.05, 3.63) is 294 Å². The van der Waals surface area contributed by atoms with Crippen LogP contribution < -0.4 is 54.9 Å². The number of nitrogens with one attached hydrogen (secondary N) is 9. The van der Waals surface area contributed by atoms with Crippen molar-refractivity contribution in [2.45, 2.75) is 169 Å². The molecule has 4 atom stereocenters. The summed E-state index contributed by atoms with van der Waals surface area (Å²) in [5, 5.41) is 13.5. The van der Waals surface area contributed by atoms with Crippen molar-refractivity contribution in [1.82, 2.24) is 46.0 Å². The van der Waals surface area contributed by atoms with E-state index >= 15 is 0 Å². The predicted molar refractivity (Wildman–Crippen MR) is 549 cm³/mol. The Hall–Kier alpha value is -13.7. The van der Waals surface area contributed by atoms with E-state index in [1.54, 1.807) is 123 Å². The SMILES string of the molecule is Cc1cc(NC(=O)c2c3c(cn2C)S(=O)(=O)N(C(C)C)CC3)ccc1F.Cc1cc(NC(=O)c2c3c(cn2C)S(=O)(=O)NC(C)C3)ccc1F.Cc1cc(NC(=O)c2c3c(cn2C)S(=O)(=O)NC(C)CC=C3)ccc1F.Cc1cc(NC(=O)c2c3c(cn2C)S(=O)(=O)NC(C)CO3)ccc1F.Cc1cc(NC(=O)c2c3c(cn2C)S(=O)(=O)NCC3)ccc1F.Cc1ccc(CC(=O)c2c(F)ccc3c2OCC(C)CS3(=O)=O)cc1F. The van der Waals surface area contributed by atoms with Gasteiger partial charge >= 0.3 is 0 Å². The Balaban J connectivity index is 0.000000150. The number of amides is 5. The number of ketones is 1. The highest BCUT2D eigenvalue weighted by molar-refractivity contribution is 7.92. The Morgan fingerprint density at radius 3 is 1.25 bits per heavy atom. The number of benzene rings is 7. The summed E-state index contributed by atoms with van der Waals surface area (Å²) >= 11 is 0. The van der Waals surface area contributed by atoms with Crippen molar-refractivity contribution in [2.75, 3.05) is 58.6 Å². The number of sulfonamides is 5. The van der Waals surface area contributed by atoms with E-state index in [1.807, 2.05) is 19.9 Å². The van der Waals surface area contributed by atoms with Gasteiger partial charge in [-0.05, 0) is 250 Å². The van der Waals surface area contributed by atoms with Crippen molar-refractivity contribution < 1.29 is 119 Å². The van der Waals surface area contributed by atoms with Gasteiger partial charge in [-0.25, -0.2) is 100 Å². The second kappa shape index (κ2) is 45.2. The lowest BCUT2D eigenvalue weighted by atomic mass is 10.0. The minimum atomic E-state index is -3.77. The molecule has 12 aromatic rings. The molecule has 0 bridgehead atoms. The van der Waals surface area contributed by atoms with Crippen LogP contribution in [0.25, 0.3) is 6.08 Å². The number of carbonyl (C=O) groups excluding carboxylic acids is 6. The van der Waals surface area contributed by atoms with Gasteiger partial charge in [-0.3, -0.25) is 28.8 Å². The zero-order chi connectivity index (χ0) is 110. The van der Waals surface area contributed by atoms with E-state index in [1.165, 1.54) is 155 Å². The quantitative estimate of drug-likeness (QED) is 0.0277. The van der Waals surface area contributed by atoms with Gasteiger partial charge in [0.2, 0.25) is 50.1 Å². The van der Waals surface area contributed by atoms with E-state index in [0.717, 1.165) is 12.1 Å². The Kier molecular flexibility index (Phi) is 34.2. The molecule has 5 amide bonds. The molecular weight excluding hydrogens is 2080 g/mol. The van der Waals surface area contributed by atoms with E-state index in [2.05, 4.69) is 45.5 Å². The smallest absolute Gasteiger partial charge is 0.276 e. The van der Waals surface area contributed by atoms with Gasteiger partial charge in [0, 0.05) is 160 Å². The highest BCUT2D eigenvalue weighted by atomic mass is 32.2. The number of aromatic nitrogens is 5. The first-order valence-electron chi connectivity index (χ1n) is 46.8. The molecule has 7 aromatic carbocycles. The fraction of sp³-hybridized carbons (Fsp3) is 0.314. The van der Waals surface area contributed by atoms with Crippen LogP contribution in [-0.2, 0) is 121 Å². The van der Waals surface area contributed by atoms with Gasteiger partial charge in [-0.1, -0.05) is 31.2 Å². The van der Waals surface area contributed by atoms with Crippen LogP contribution in [0.1, 0.15) is 172 Å². The third-order valence-corrected chi connectivity index (χ3v) is 35.4. The number of hydrogen-bond acceptors (Lipinski definition) is 20. The first kappa shape index (κ1) is 113. The van der Waals surface area contributed by atoms with Crippen LogP contribution in [0.15, 0.2) is 188 Å². The summed E-state index contributed by atoms with van der Waals surface area (Å²) in [6, 6.07) is 26.6. The second-order valence-electron chi connectivity index (χ2n) is 37.5. The van der Waals surface area contributed by atoms with Crippen molar-refractivity contribution in [1.29, 1.82) is 0 Å². The summed E-state index contributed by atoms with van der Waals surface area (Å²) in [6.45, 7) is 20.9. The van der Waals surface area contributed by atoms with Crippen molar-refractivity contribution >= 4 is 130 Å². The molecule has 0 spiro atoms. The number of sulfone groups is 1. The molecule has 800 valence electrons. The number of fused-ring (bicyclic) bond motifs is 6. The number of halogens is 7. The molecule has 0 fully saturated rings. The summed E-state index contributed by atoms with van der Waals surface area (Å²) in [5.41, 5.74) is 7.76. The van der Waals surface area contributed by atoms with Crippen LogP contribution in [0.2, 0.25) is 0 Å². The molecule has 150 heavy (non-hydrogen) atoms. The van der Waals surface area contributed by atoms with Crippen molar-refractivity contribution in [3.63, 3.8) is 0 Å². The molecule has 18 rings (SSSR count). The molecule has 11 heterocycles. The molecule has 0 aliphatic carbocycles. The average molecular weight is 2190 g/mol. The molecule has 35 nitrogen and oxygen atoms in total. The average Bonchev–Trinajstić information content (AvgIpc) is 1.59. The molecular formula is C102H112F7N15O20S6. The number of nitrogens with zero attached hydrogens (tertiary/aromatic N) is 6. The molecule has 48 heteroatoms. The van der Waals surface area contributed by atoms with Gasteiger partial charge in [-0.2, -0.15) is 4.31 Å². The van der Waals surface area contributed by atoms with Gasteiger partial charge in [0.25, 0.3) is 29.5 Å². The van der Waals surface area contributed by atoms with Crippen LogP contribution >= 0.6 is 0 Å². The standard InChI is InChI=1S/C19H18F2O4S.C18H22FN3O3S.C18H20FN3O3S.C16H18FN3O4S.C16H18FN3O3S.C15H16FN3O3S/c1-11-9-25-19-17(26(23,24)10-11)6-5-14(20)18(19)16(22)8-13-4-3-12(2)15(21)7-13;1-11(2)22-8-7-14-16(26(22,24)25)10-21(4)17(14)18(23)20-13-5-6-15(19)12(3)9-13;1-11-9-13(7-8-15(11)19)20-18(23)17-14-6-4-5-12(2)21-26(24,25)16(14)10-22(17)3;1-9-6-11(4-5-12(9)17)18-16(21)14-15-13(7-20(14)3)25(22,23)19-10(2)8-24-15;1-9-6-11(4-5-13(9)17)18-16(21)15-12-7-10(2)19-24(22,23)14(12)8-20(15)3;1-9-7-10(3-4-12(9)16)18-15(20)14-11-5-6-17-23(21,22)13(11)8-19(14)2/h3-7,11H,8-10H2,1-2H3;5-6,9-11H,7-8H2,1-4H3,(H,20,23);4,6-10,12,21H,5H2,1-3H3,(H,20,23);4-7,10,19H,8H2,1-3H3,(H,18,21);4-6,8,10,19H,7H2,1-3H3,(H,18,21);3-4,7-8,17H,5-6H2,1-2H3,(H,18,20). The number of rotatable bonds is 14. The molecule has 4 unspecified atom stereocenters. The van der Waals surface area contributed by atoms with E-state index < -0.39 is 119 Å². The molecule has 6 aliphatic rings. The van der Waals surface area contributed by atoms with Crippen LogP contribution in [0.5, 0.6) is 11.5 Å². The number of ether oxygens (including phenoxy) is 2. The van der Waals surface area contributed by atoms with Gasteiger partial charge in [0.1, 0.15) is 99.5 Å². The largest absolute Gasteiger partial charge is 0.491 e. The number of anilines is 5. The Morgan fingerprint density at radius 2 is 0.780 bits per heavy atom. The van der Waals surface area contributed by atoms with Crippen LogP contribution in [0.4, 0.5) is 59.2 Å². The topological polar surface area (TPSA) is 462 Å². The Bertz CT molecular complexity index is 8210. The number of hydrogen-bond donors (Lipinski definition) is 9. The van der Waals surface area contributed by atoms with Crippen LogP contribution in [0.3, 0.4) is 0 Å². The van der Waals surface area contributed by atoms with E-state index in [4.69, 9.17) is 9.47 Å². The molecule has 5 aromatic heterocycles. The minimum Gasteiger partial charge on any atom is -0.491 e. The lowest BCUT2D eigenvalue weighted by Gasteiger charge is -2.29. The second-order valence-corrected chi connectivity index (χ2v) is 48.1. The van der Waals surface area contributed by atoms with E-state index in [9.17, 15) is 110 Å². The van der Waals surface area contributed by atoms with Gasteiger partial charge in [0.05, 0.1) is 24.0 Å². The summed E-state index contributed by atoms with van der Waals surface area (Å²) in [4.78, 5) is 76.2. The normalized spacial score (nSPS) is 17.9. The minimum absolute atomic E-state index is 0.00989. The molecule has 0 saturated heterocycles. The molecule has 0 saturated carbocycles. The third-order valence-electron chi connectivity index (χ3n) is 24.9. The fourth-order valence-electron chi connectivity index (χ4n) is 17.6. The first-order valence-corrected chi connectivity index (χ1v) is 55.8. The number of carbonyl (C=O) groups is 6. The monoisotopic (exact) mass is 2190 g/mol. The molecule has 9 N–H and O–H groups in total. The number of aryl methyl sites for hydroxylation is 11. The summed E-state index contributed by atoms with van der Waals surface area (Å²) in [6.07, 6.45) is 12.2. The molecule has 0 radical (unpaired) electrons. The lowest BCUT2D eigenvalue weighted by Crippen LogP contribution is -2.41. The Morgan fingerprint density at radius 1 is 0.393 bits per heavy atom. The van der Waals surface area contributed by atoms with Crippen LogP contribution in [-0.4, -0.2) is 169 Å². The van der Waals surface area contributed by atoms with Gasteiger partial charge < -0.3 is 58.9 Å². The number of Topliss-reactive ketones (excluding diaryl/α,β-unsaturated/α-hetero) is 1. The molecule has 6 aliphatic heterocycles. The predicted octanol–water partition coefficient (Wildman–Crippen LogP) is 14.3. The van der Waals surface area contributed by atoms with Crippen molar-refractivity contribution in [2.24, 2.45) is 41.2 Å². The van der Waals surface area contributed by atoms with Crippen molar-refractivity contribution in [3.8, 4) is 11.5 Å². The van der Waals surface area contributed by atoms with Gasteiger partial charge in [-0.15, -0.1) is 0 Å². The zero-order valence-corrected chi connectivity index (χ0v) is 89.4. The maximum absolute atomic E-state index is 14.4. The summed E-state index contributed by atoms with van der Waals surface area (Å²) < 4.78 is 274. The van der Waals surface area contributed by atoms with Gasteiger partial charge in [0.15, 0.2) is 32.8 Å². The summed E-state index contributed by atoms with van der Waals surface area (Å²) in [5.74, 6) is -6.68. The highest BCUT2D eigenvalue weighted by Crippen LogP contribution is 2.40. The fourth-order valence-corrected chi connectivity index (χ4v) is 27.1. The zero-order valence-electron chi connectivity index (χ0n) is 84.5. The van der Waals surface area contributed by atoms with E-state index in [-0.39, 0.29) is 137 Å². The highest BCUT2D eigenvalue weighted by Gasteiger charge is 2.42. The maximum Gasteiger partial charge on any atom is 0.276 e. The van der Waals surface area contributed by atoms with Crippen LogP contribution in [0, 0.1) is 88.2 Å². The Labute approximate surface area is 864 Å². The summed E-state index contributed by atoms with van der Waals surface area (Å²) in [7, 11) is -13.9. The lowest BCUT2D eigenvalue weighted by molar-refractivity contribution is 0.0978. The van der Waals surface area contributed by atoms with E-state index in [0.29, 0.717) is 139 Å². The maximum atomic E-state index is 14.4.